The van der Waals surface area contributed by atoms with Crippen LogP contribution >= 0.6 is 0 Å². The van der Waals surface area contributed by atoms with Crippen LogP contribution in [0.15, 0.2) is 34.5 Å². The number of benzene rings is 1. The van der Waals surface area contributed by atoms with E-state index in [1.165, 1.54) is 25.3 Å². The minimum absolute atomic E-state index is 0.128. The van der Waals surface area contributed by atoms with Crippen LogP contribution in [0, 0.1) is 21.4 Å². The third kappa shape index (κ3) is 3.30. The second-order valence-electron chi connectivity index (χ2n) is 8.04. The number of carbonyl (C=O) groups excluding carboxylic acids is 2. The Bertz CT molecular complexity index is 944. The lowest BCUT2D eigenvalue weighted by Crippen LogP contribution is -2.39. The molecule has 0 radical (unpaired) electrons. The SMILES string of the molecule is COC(=O)C1C(C)=NC2=C(C(=O)CC(C)(C)C2)[C@@H]1c1ccc(O)c([N+](=O)[O-])c1. The molecular formula is C20H22N2O6. The largest absolute Gasteiger partial charge is 0.502 e. The van der Waals surface area contributed by atoms with Gasteiger partial charge in [-0.3, -0.25) is 24.7 Å². The van der Waals surface area contributed by atoms with Gasteiger partial charge < -0.3 is 9.84 Å². The maximum absolute atomic E-state index is 13.0. The molecule has 8 nitrogen and oxygen atoms in total. The van der Waals surface area contributed by atoms with Crippen molar-refractivity contribution in [1.82, 2.24) is 0 Å². The molecule has 0 amide bonds. The average Bonchev–Trinajstić information content (AvgIpc) is 2.59. The first-order valence-electron chi connectivity index (χ1n) is 8.92. The van der Waals surface area contributed by atoms with Crippen molar-refractivity contribution in [2.45, 2.75) is 39.5 Å². The molecular weight excluding hydrogens is 364 g/mol. The summed E-state index contributed by atoms with van der Waals surface area (Å²) in [5, 5.41) is 21.1. The molecule has 0 bridgehead atoms. The van der Waals surface area contributed by atoms with E-state index < -0.39 is 34.2 Å². The van der Waals surface area contributed by atoms with E-state index in [-0.39, 0.29) is 11.2 Å². The maximum atomic E-state index is 13.0. The number of phenolic OH excluding ortho intramolecular Hbond substituents is 1. The molecule has 148 valence electrons. The topological polar surface area (TPSA) is 119 Å². The standard InChI is InChI=1S/C20H22N2O6/c1-10-16(19(25)28-4)17(11-5-6-14(23)13(7-11)22(26)27)18-12(21-10)8-20(2,3)9-15(18)24/h5-7,16-17,23H,8-9H2,1-4H3/t16?,17-/m1/s1. The number of allylic oxidation sites excluding steroid dienone is 2. The lowest BCUT2D eigenvalue weighted by Gasteiger charge is -2.38. The van der Waals surface area contributed by atoms with E-state index in [9.17, 15) is 24.8 Å². The summed E-state index contributed by atoms with van der Waals surface area (Å²) in [6.45, 7) is 5.65. The predicted octanol–water partition coefficient (Wildman–Crippen LogP) is 3.29. The first kappa shape index (κ1) is 19.7. The molecule has 1 aromatic rings. The van der Waals surface area contributed by atoms with Crippen molar-refractivity contribution in [3.8, 4) is 5.75 Å². The van der Waals surface area contributed by atoms with Crippen LogP contribution in [0.4, 0.5) is 5.69 Å². The Hall–Kier alpha value is -3.03. The molecule has 8 heteroatoms. The summed E-state index contributed by atoms with van der Waals surface area (Å²) in [4.78, 5) is 40.7. The lowest BCUT2D eigenvalue weighted by atomic mass is 9.67. The van der Waals surface area contributed by atoms with Gasteiger partial charge in [-0.25, -0.2) is 0 Å². The minimum Gasteiger partial charge on any atom is -0.502 e. The van der Waals surface area contributed by atoms with Crippen molar-refractivity contribution in [2.24, 2.45) is 16.3 Å². The Morgan fingerprint density at radius 2 is 2.04 bits per heavy atom. The first-order valence-corrected chi connectivity index (χ1v) is 8.92. The number of nitrogens with zero attached hydrogens (tertiary/aromatic N) is 2. The molecule has 0 aromatic heterocycles. The second kappa shape index (κ2) is 6.85. The van der Waals surface area contributed by atoms with Gasteiger partial charge in [-0.15, -0.1) is 0 Å². The van der Waals surface area contributed by atoms with E-state index in [0.717, 1.165) is 0 Å². The number of rotatable bonds is 3. The Labute approximate surface area is 162 Å². The van der Waals surface area contributed by atoms with Gasteiger partial charge in [-0.05, 0) is 30.4 Å². The Kier molecular flexibility index (Phi) is 4.82. The Morgan fingerprint density at radius 3 is 2.64 bits per heavy atom. The zero-order chi connectivity index (χ0) is 20.8. The number of esters is 1. The number of aliphatic imine (C=N–C) groups is 1. The van der Waals surface area contributed by atoms with Gasteiger partial charge in [-0.1, -0.05) is 19.9 Å². The van der Waals surface area contributed by atoms with Crippen molar-refractivity contribution in [1.29, 1.82) is 0 Å². The van der Waals surface area contributed by atoms with Gasteiger partial charge in [0, 0.05) is 35.4 Å². The van der Waals surface area contributed by atoms with E-state index in [0.29, 0.717) is 35.4 Å². The number of aromatic hydroxyl groups is 1. The number of carbonyl (C=O) groups is 2. The molecule has 1 unspecified atom stereocenters. The monoisotopic (exact) mass is 386 g/mol. The van der Waals surface area contributed by atoms with E-state index >= 15 is 0 Å². The smallest absolute Gasteiger partial charge is 0.315 e. The fourth-order valence-electron chi connectivity index (χ4n) is 4.12. The molecule has 1 aliphatic carbocycles. The van der Waals surface area contributed by atoms with Gasteiger partial charge in [-0.2, -0.15) is 0 Å². The molecule has 0 saturated carbocycles. The van der Waals surface area contributed by atoms with Gasteiger partial charge in [0.05, 0.1) is 12.0 Å². The van der Waals surface area contributed by atoms with Crippen molar-refractivity contribution in [3.05, 3.63) is 45.1 Å². The van der Waals surface area contributed by atoms with Crippen LogP contribution in [0.3, 0.4) is 0 Å². The van der Waals surface area contributed by atoms with Gasteiger partial charge >= 0.3 is 11.7 Å². The van der Waals surface area contributed by atoms with E-state index in [4.69, 9.17) is 4.74 Å². The number of hydrogen-bond donors (Lipinski definition) is 1. The first-order chi connectivity index (χ1) is 13.1. The van der Waals surface area contributed by atoms with Crippen molar-refractivity contribution in [3.63, 3.8) is 0 Å². The normalized spacial score (nSPS) is 23.7. The molecule has 2 atom stereocenters. The molecule has 0 spiro atoms. The molecule has 1 heterocycles. The molecule has 28 heavy (non-hydrogen) atoms. The summed E-state index contributed by atoms with van der Waals surface area (Å²) in [6.07, 6.45) is 0.862. The van der Waals surface area contributed by atoms with Crippen LogP contribution in [0.25, 0.3) is 0 Å². The lowest BCUT2D eigenvalue weighted by molar-refractivity contribution is -0.385. The number of ether oxygens (including phenoxy) is 1. The summed E-state index contributed by atoms with van der Waals surface area (Å²) in [5.41, 5.74) is 1.17. The third-order valence-corrected chi connectivity index (χ3v) is 5.31. The number of methoxy groups -OCH3 is 1. The average molecular weight is 386 g/mol. The Morgan fingerprint density at radius 1 is 1.36 bits per heavy atom. The van der Waals surface area contributed by atoms with Crippen molar-refractivity contribution >= 4 is 23.2 Å². The van der Waals surface area contributed by atoms with Gasteiger partial charge in [0.25, 0.3) is 0 Å². The van der Waals surface area contributed by atoms with Gasteiger partial charge in [0.1, 0.15) is 5.92 Å². The Balaban J connectivity index is 2.24. The van der Waals surface area contributed by atoms with Gasteiger partial charge in [0.2, 0.25) is 0 Å². The minimum atomic E-state index is -0.863. The molecule has 1 aliphatic heterocycles. The molecule has 1 aromatic carbocycles. The number of Topliss-reactive ketones (excluding diaryl/α,β-unsaturated/α-hetero) is 1. The van der Waals surface area contributed by atoms with Crippen LogP contribution < -0.4 is 0 Å². The van der Waals surface area contributed by atoms with E-state index in [2.05, 4.69) is 4.99 Å². The molecule has 3 rings (SSSR count). The van der Waals surface area contributed by atoms with Crippen LogP contribution in [0.5, 0.6) is 5.75 Å². The quantitative estimate of drug-likeness (QED) is 0.484. The number of hydrogen-bond acceptors (Lipinski definition) is 7. The predicted molar refractivity (Wildman–Crippen MR) is 101 cm³/mol. The van der Waals surface area contributed by atoms with Gasteiger partial charge in [0.15, 0.2) is 11.5 Å². The molecule has 0 saturated heterocycles. The van der Waals surface area contributed by atoms with E-state index in [1.54, 1.807) is 6.92 Å². The molecule has 0 fully saturated rings. The number of nitro groups is 1. The third-order valence-electron chi connectivity index (χ3n) is 5.31. The highest BCUT2D eigenvalue weighted by Crippen LogP contribution is 2.48. The summed E-state index contributed by atoms with van der Waals surface area (Å²) in [7, 11) is 1.25. The zero-order valence-corrected chi connectivity index (χ0v) is 16.2. The second-order valence-corrected chi connectivity index (χ2v) is 8.04. The highest BCUT2D eigenvalue weighted by molar-refractivity contribution is 6.09. The van der Waals surface area contributed by atoms with Crippen LogP contribution in [0.2, 0.25) is 0 Å². The summed E-state index contributed by atoms with van der Waals surface area (Å²) in [6, 6.07) is 3.92. The summed E-state index contributed by atoms with van der Waals surface area (Å²) in [5.74, 6) is -2.78. The van der Waals surface area contributed by atoms with Crippen LogP contribution in [-0.2, 0) is 14.3 Å². The summed E-state index contributed by atoms with van der Waals surface area (Å²) < 4.78 is 4.93. The van der Waals surface area contributed by atoms with Crippen LogP contribution in [-0.4, -0.2) is 34.6 Å². The zero-order valence-electron chi connectivity index (χ0n) is 16.2. The van der Waals surface area contributed by atoms with Crippen molar-refractivity contribution < 1.29 is 24.4 Å². The fraction of sp³-hybridized carbons (Fsp3) is 0.450. The maximum Gasteiger partial charge on any atom is 0.315 e. The molecule has 1 N–H and O–H groups in total. The number of phenols is 1. The fourth-order valence-corrected chi connectivity index (χ4v) is 4.12. The molecule has 2 aliphatic rings. The van der Waals surface area contributed by atoms with Crippen molar-refractivity contribution in [2.75, 3.05) is 7.11 Å². The summed E-state index contributed by atoms with van der Waals surface area (Å²) >= 11 is 0. The van der Waals surface area contributed by atoms with E-state index in [1.807, 2.05) is 13.8 Å². The number of ketones is 1. The van der Waals surface area contributed by atoms with Crippen LogP contribution in [0.1, 0.15) is 45.1 Å². The highest BCUT2D eigenvalue weighted by atomic mass is 16.6. The highest BCUT2D eigenvalue weighted by Gasteiger charge is 2.46. The number of nitro benzene ring substituents is 1.